The van der Waals surface area contributed by atoms with Crippen molar-refractivity contribution in [1.29, 1.82) is 0 Å². The maximum atomic E-state index is 11.2. The van der Waals surface area contributed by atoms with Crippen molar-refractivity contribution in [3.63, 3.8) is 0 Å². The van der Waals surface area contributed by atoms with Crippen molar-refractivity contribution in [2.45, 2.75) is 19.4 Å². The molecular formula is C15H18N2O. The molecule has 2 rings (SSSR count). The summed E-state index contributed by atoms with van der Waals surface area (Å²) in [4.78, 5) is 11.2. The minimum absolute atomic E-state index is 0.0229. The normalized spacial score (nSPS) is 12.6. The van der Waals surface area contributed by atoms with E-state index in [1.54, 1.807) is 0 Å². The van der Waals surface area contributed by atoms with Gasteiger partial charge in [-0.15, -0.1) is 0 Å². The molecule has 2 N–H and O–H groups in total. The van der Waals surface area contributed by atoms with Crippen LogP contribution in [0.1, 0.15) is 18.1 Å². The van der Waals surface area contributed by atoms with Crippen molar-refractivity contribution in [2.24, 2.45) is 12.8 Å². The Bertz CT molecular complexity index is 610. The number of nitrogens with zero attached hydrogens (tertiary/aromatic N) is 1. The molecule has 18 heavy (non-hydrogen) atoms. The Morgan fingerprint density at radius 1 is 1.56 bits per heavy atom. The van der Waals surface area contributed by atoms with Gasteiger partial charge >= 0.3 is 0 Å². The molecule has 0 fully saturated rings. The number of aryl methyl sites for hydroxylation is 1. The van der Waals surface area contributed by atoms with E-state index in [2.05, 4.69) is 23.3 Å². The van der Waals surface area contributed by atoms with E-state index in [9.17, 15) is 4.79 Å². The van der Waals surface area contributed by atoms with Crippen molar-refractivity contribution in [3.05, 3.63) is 42.1 Å². The molecule has 3 nitrogen and oxygen atoms in total. The smallest absolute Gasteiger partial charge is 0.146 e. The first-order valence-electron chi connectivity index (χ1n) is 5.99. The average Bonchev–Trinajstić information content (AvgIpc) is 2.65. The molecule has 0 spiro atoms. The quantitative estimate of drug-likeness (QED) is 0.894. The van der Waals surface area contributed by atoms with Gasteiger partial charge in [0, 0.05) is 24.1 Å². The fraction of sp³-hybridized carbons (Fsp3) is 0.267. The van der Waals surface area contributed by atoms with Crippen molar-refractivity contribution in [2.75, 3.05) is 0 Å². The summed E-state index contributed by atoms with van der Waals surface area (Å²) >= 11 is 0. The van der Waals surface area contributed by atoms with E-state index < -0.39 is 6.04 Å². The maximum absolute atomic E-state index is 11.2. The third-order valence-corrected chi connectivity index (χ3v) is 3.29. The average molecular weight is 242 g/mol. The summed E-state index contributed by atoms with van der Waals surface area (Å²) in [6.45, 7) is 5.31. The van der Waals surface area contributed by atoms with Crippen LogP contribution in [0.15, 0.2) is 31.0 Å². The number of nitrogens with two attached hydrogens (primary N) is 1. The molecule has 0 saturated carbocycles. The molecule has 0 aliphatic rings. The second-order valence-electron chi connectivity index (χ2n) is 4.67. The first-order valence-corrected chi connectivity index (χ1v) is 5.99. The summed E-state index contributed by atoms with van der Waals surface area (Å²) in [6.07, 6.45) is 4.45. The van der Waals surface area contributed by atoms with Crippen LogP contribution >= 0.6 is 0 Å². The maximum Gasteiger partial charge on any atom is 0.146 e. The molecule has 3 heteroatoms. The van der Waals surface area contributed by atoms with Gasteiger partial charge in [-0.3, -0.25) is 4.79 Å². The highest BCUT2D eigenvalue weighted by Crippen LogP contribution is 2.23. The van der Waals surface area contributed by atoms with Gasteiger partial charge < -0.3 is 10.3 Å². The van der Waals surface area contributed by atoms with Crippen LogP contribution in [0.3, 0.4) is 0 Å². The number of rotatable bonds is 4. The molecule has 0 bridgehead atoms. The topological polar surface area (TPSA) is 48.0 Å². The van der Waals surface area contributed by atoms with Gasteiger partial charge in [-0.1, -0.05) is 24.8 Å². The molecule has 1 aromatic heterocycles. The Kier molecular flexibility index (Phi) is 3.34. The zero-order valence-corrected chi connectivity index (χ0v) is 10.8. The van der Waals surface area contributed by atoms with Crippen LogP contribution in [-0.4, -0.2) is 16.4 Å². The number of hydrogen-bond acceptors (Lipinski definition) is 2. The fourth-order valence-corrected chi connectivity index (χ4v) is 2.16. The molecule has 0 aliphatic carbocycles. The molecule has 0 aliphatic heterocycles. The highest BCUT2D eigenvalue weighted by Gasteiger charge is 2.13. The van der Waals surface area contributed by atoms with Gasteiger partial charge in [0.1, 0.15) is 5.78 Å². The van der Waals surface area contributed by atoms with E-state index >= 15 is 0 Å². The number of Topliss-reactive ketones (excluding diaryl/α,β-unsaturated/α-hetero) is 1. The minimum Gasteiger partial charge on any atom is -0.350 e. The Balaban J connectivity index is 2.47. The van der Waals surface area contributed by atoms with Crippen LogP contribution in [0.4, 0.5) is 0 Å². The van der Waals surface area contributed by atoms with Crippen molar-refractivity contribution in [1.82, 2.24) is 4.57 Å². The third kappa shape index (κ3) is 2.22. The largest absolute Gasteiger partial charge is 0.350 e. The van der Waals surface area contributed by atoms with Crippen LogP contribution < -0.4 is 5.73 Å². The SMILES string of the molecule is C=Cc1ccc2c(CC(N)C(C)=O)cn(C)c2c1. The highest BCUT2D eigenvalue weighted by atomic mass is 16.1. The van der Waals surface area contributed by atoms with Crippen molar-refractivity contribution >= 4 is 22.8 Å². The van der Waals surface area contributed by atoms with E-state index in [0.717, 1.165) is 22.0 Å². The lowest BCUT2D eigenvalue weighted by Crippen LogP contribution is -2.30. The Hall–Kier alpha value is -1.87. The molecule has 0 saturated heterocycles. The molecule has 1 atom stereocenters. The molecule has 1 unspecified atom stereocenters. The van der Waals surface area contributed by atoms with Gasteiger partial charge in [0.15, 0.2) is 0 Å². The number of carbonyl (C=O) groups excluding carboxylic acids is 1. The van der Waals surface area contributed by atoms with E-state index in [0.29, 0.717) is 6.42 Å². The predicted molar refractivity (Wildman–Crippen MR) is 75.4 cm³/mol. The minimum atomic E-state index is -0.422. The van der Waals surface area contributed by atoms with Gasteiger partial charge in [-0.25, -0.2) is 0 Å². The number of ketones is 1. The molecule has 2 aromatic rings. The van der Waals surface area contributed by atoms with Crippen molar-refractivity contribution < 1.29 is 4.79 Å². The summed E-state index contributed by atoms with van der Waals surface area (Å²) in [5, 5.41) is 1.15. The van der Waals surface area contributed by atoms with Gasteiger partial charge in [-0.2, -0.15) is 0 Å². The zero-order chi connectivity index (χ0) is 13.3. The Morgan fingerprint density at radius 2 is 2.28 bits per heavy atom. The molecule has 1 heterocycles. The molecule has 1 aromatic carbocycles. The fourth-order valence-electron chi connectivity index (χ4n) is 2.16. The van der Waals surface area contributed by atoms with Crippen LogP contribution in [-0.2, 0) is 18.3 Å². The molecular weight excluding hydrogens is 224 g/mol. The van der Waals surface area contributed by atoms with Crippen LogP contribution in [0.5, 0.6) is 0 Å². The highest BCUT2D eigenvalue weighted by molar-refractivity contribution is 5.87. The number of carbonyl (C=O) groups is 1. The predicted octanol–water partition coefficient (Wildman–Crippen LogP) is 2.28. The van der Waals surface area contributed by atoms with Crippen LogP contribution in [0.2, 0.25) is 0 Å². The summed E-state index contributed by atoms with van der Waals surface area (Å²) in [5.41, 5.74) is 9.17. The second-order valence-corrected chi connectivity index (χ2v) is 4.67. The summed E-state index contributed by atoms with van der Waals surface area (Å²) in [5.74, 6) is 0.0229. The van der Waals surface area contributed by atoms with Crippen LogP contribution in [0, 0.1) is 0 Å². The Labute approximate surface area is 107 Å². The van der Waals surface area contributed by atoms with Gasteiger partial charge in [0.2, 0.25) is 0 Å². The van der Waals surface area contributed by atoms with Gasteiger partial charge in [0.05, 0.1) is 6.04 Å². The molecule has 94 valence electrons. The lowest BCUT2D eigenvalue weighted by atomic mass is 10.0. The first kappa shape index (κ1) is 12.6. The van der Waals surface area contributed by atoms with E-state index in [-0.39, 0.29) is 5.78 Å². The first-order chi connectivity index (χ1) is 8.52. The summed E-state index contributed by atoms with van der Waals surface area (Å²) in [7, 11) is 2.00. The summed E-state index contributed by atoms with van der Waals surface area (Å²) in [6, 6.07) is 5.76. The van der Waals surface area contributed by atoms with E-state index in [1.807, 2.05) is 25.4 Å². The molecule has 0 amide bonds. The zero-order valence-electron chi connectivity index (χ0n) is 10.8. The third-order valence-electron chi connectivity index (χ3n) is 3.29. The van der Waals surface area contributed by atoms with Gasteiger partial charge in [0.25, 0.3) is 0 Å². The number of hydrogen-bond donors (Lipinski definition) is 1. The number of aromatic nitrogens is 1. The second kappa shape index (κ2) is 4.78. The molecule has 0 radical (unpaired) electrons. The Morgan fingerprint density at radius 3 is 2.89 bits per heavy atom. The summed E-state index contributed by atoms with van der Waals surface area (Å²) < 4.78 is 2.06. The lowest BCUT2D eigenvalue weighted by molar-refractivity contribution is -0.118. The number of fused-ring (bicyclic) bond motifs is 1. The van der Waals surface area contributed by atoms with Gasteiger partial charge in [-0.05, 0) is 30.5 Å². The lowest BCUT2D eigenvalue weighted by Gasteiger charge is -2.06. The number of benzene rings is 1. The van der Waals surface area contributed by atoms with Crippen molar-refractivity contribution in [3.8, 4) is 0 Å². The monoisotopic (exact) mass is 242 g/mol. The van der Waals surface area contributed by atoms with E-state index in [1.165, 1.54) is 6.92 Å². The standard InChI is InChI=1S/C15H18N2O/c1-4-11-5-6-13-12(8-14(16)10(2)18)9-17(3)15(13)7-11/h4-7,9,14H,1,8,16H2,2-3H3. The van der Waals surface area contributed by atoms with E-state index in [4.69, 9.17) is 5.73 Å². The van der Waals surface area contributed by atoms with Crippen LogP contribution in [0.25, 0.3) is 17.0 Å².